The number of aromatic nitrogens is 1. The maximum Gasteiger partial charge on any atom is 0.319 e. The number of pyridine rings is 1. The highest BCUT2D eigenvalue weighted by atomic mass is 16.3. The van der Waals surface area contributed by atoms with Gasteiger partial charge in [-0.3, -0.25) is 4.98 Å². The third-order valence-corrected chi connectivity index (χ3v) is 4.75. The molecule has 2 saturated carbocycles. The first kappa shape index (κ1) is 13.4. The zero-order valence-electron chi connectivity index (χ0n) is 11.7. The number of urea groups is 1. The second-order valence-electron chi connectivity index (χ2n) is 5.99. The van der Waals surface area contributed by atoms with Crippen molar-refractivity contribution in [3.63, 3.8) is 0 Å². The van der Waals surface area contributed by atoms with Gasteiger partial charge in [0, 0.05) is 36.1 Å². The molecule has 3 N–H and O–H groups in total. The molecular formula is C15H21N3O2. The maximum absolute atomic E-state index is 12.1. The molecule has 1 heterocycles. The lowest BCUT2D eigenvalue weighted by Crippen LogP contribution is -2.46. The van der Waals surface area contributed by atoms with E-state index in [0.717, 1.165) is 17.8 Å². The Morgan fingerprint density at radius 1 is 1.45 bits per heavy atom. The molecule has 4 unspecified atom stereocenters. The molecule has 2 aliphatic rings. The normalized spacial score (nSPS) is 31.3. The molecule has 5 nitrogen and oxygen atoms in total. The van der Waals surface area contributed by atoms with E-state index in [4.69, 9.17) is 0 Å². The van der Waals surface area contributed by atoms with Gasteiger partial charge in [-0.15, -0.1) is 0 Å². The van der Waals surface area contributed by atoms with Crippen LogP contribution in [0.5, 0.6) is 0 Å². The maximum atomic E-state index is 12.1. The Hall–Kier alpha value is -1.62. The summed E-state index contributed by atoms with van der Waals surface area (Å²) >= 11 is 0. The fraction of sp³-hybridized carbons (Fsp3) is 0.600. The van der Waals surface area contributed by atoms with E-state index >= 15 is 0 Å². The number of aryl methyl sites for hydroxylation is 1. The second-order valence-corrected chi connectivity index (χ2v) is 5.99. The van der Waals surface area contributed by atoms with Crippen LogP contribution in [0.15, 0.2) is 18.3 Å². The molecule has 4 atom stereocenters. The SMILES string of the molecule is Cc1cc(NC(=O)NC2C3CCC(C3)C2CO)ccn1. The Bertz CT molecular complexity index is 506. The molecule has 108 valence electrons. The number of nitrogens with zero attached hydrogens (tertiary/aromatic N) is 1. The molecular weight excluding hydrogens is 254 g/mol. The van der Waals surface area contributed by atoms with Gasteiger partial charge < -0.3 is 15.7 Å². The predicted molar refractivity (Wildman–Crippen MR) is 76.3 cm³/mol. The molecule has 1 aromatic rings. The van der Waals surface area contributed by atoms with E-state index in [1.165, 1.54) is 12.8 Å². The van der Waals surface area contributed by atoms with Gasteiger partial charge in [0.15, 0.2) is 0 Å². The van der Waals surface area contributed by atoms with Crippen molar-refractivity contribution in [3.8, 4) is 0 Å². The van der Waals surface area contributed by atoms with Gasteiger partial charge in [0.2, 0.25) is 0 Å². The number of anilines is 1. The summed E-state index contributed by atoms with van der Waals surface area (Å²) in [5.74, 6) is 1.33. The standard InChI is InChI=1S/C15H21N3O2/c1-9-6-12(4-5-16-9)17-15(20)18-14-11-3-2-10(7-11)13(14)8-19/h4-6,10-11,13-14,19H,2-3,7-8H2,1H3,(H2,16,17,18,20). The first-order valence-electron chi connectivity index (χ1n) is 7.28. The van der Waals surface area contributed by atoms with Crippen LogP contribution < -0.4 is 10.6 Å². The van der Waals surface area contributed by atoms with Crippen molar-refractivity contribution >= 4 is 11.7 Å². The molecule has 20 heavy (non-hydrogen) atoms. The number of carbonyl (C=O) groups excluding carboxylic acids is 1. The predicted octanol–water partition coefficient (Wildman–Crippen LogP) is 1.92. The van der Waals surface area contributed by atoms with Crippen LogP contribution in [0.25, 0.3) is 0 Å². The highest BCUT2D eigenvalue weighted by Crippen LogP contribution is 2.48. The lowest BCUT2D eigenvalue weighted by atomic mass is 9.85. The summed E-state index contributed by atoms with van der Waals surface area (Å²) in [4.78, 5) is 16.2. The van der Waals surface area contributed by atoms with E-state index in [1.807, 2.05) is 13.0 Å². The molecule has 2 bridgehead atoms. The van der Waals surface area contributed by atoms with Crippen molar-refractivity contribution < 1.29 is 9.90 Å². The molecule has 0 aliphatic heterocycles. The van der Waals surface area contributed by atoms with Crippen molar-refractivity contribution in [1.29, 1.82) is 0 Å². The van der Waals surface area contributed by atoms with E-state index in [9.17, 15) is 9.90 Å². The highest BCUT2D eigenvalue weighted by Gasteiger charge is 2.47. The Kier molecular flexibility index (Phi) is 3.61. The molecule has 0 spiro atoms. The number of rotatable bonds is 3. The summed E-state index contributed by atoms with van der Waals surface area (Å²) in [6, 6.07) is 3.54. The lowest BCUT2D eigenvalue weighted by molar-refractivity contribution is 0.146. The second kappa shape index (κ2) is 5.40. The zero-order chi connectivity index (χ0) is 14.1. The molecule has 0 saturated heterocycles. The van der Waals surface area contributed by atoms with E-state index < -0.39 is 0 Å². The number of aliphatic hydroxyl groups excluding tert-OH is 1. The van der Waals surface area contributed by atoms with E-state index in [1.54, 1.807) is 12.3 Å². The topological polar surface area (TPSA) is 74.2 Å². The summed E-state index contributed by atoms with van der Waals surface area (Å²) in [6.07, 6.45) is 5.18. The Balaban J connectivity index is 1.61. The van der Waals surface area contributed by atoms with Crippen molar-refractivity contribution in [3.05, 3.63) is 24.0 Å². The first-order valence-corrected chi connectivity index (χ1v) is 7.28. The van der Waals surface area contributed by atoms with Gasteiger partial charge >= 0.3 is 6.03 Å². The number of carbonyl (C=O) groups is 1. The van der Waals surface area contributed by atoms with Gasteiger partial charge in [-0.25, -0.2) is 4.79 Å². The Morgan fingerprint density at radius 2 is 2.25 bits per heavy atom. The summed E-state index contributed by atoms with van der Waals surface area (Å²) < 4.78 is 0. The summed E-state index contributed by atoms with van der Waals surface area (Å²) in [6.45, 7) is 2.06. The van der Waals surface area contributed by atoms with Crippen LogP contribution >= 0.6 is 0 Å². The number of hydrogen-bond acceptors (Lipinski definition) is 3. The monoisotopic (exact) mass is 275 g/mol. The molecule has 2 amide bonds. The van der Waals surface area contributed by atoms with Crippen molar-refractivity contribution in [1.82, 2.24) is 10.3 Å². The molecule has 5 heteroatoms. The van der Waals surface area contributed by atoms with E-state index in [-0.39, 0.29) is 24.6 Å². The average Bonchev–Trinajstić information content (AvgIpc) is 2.99. The number of hydrogen-bond donors (Lipinski definition) is 3. The summed E-state index contributed by atoms with van der Waals surface area (Å²) in [5.41, 5.74) is 1.62. The van der Waals surface area contributed by atoms with Gasteiger partial charge in [0.25, 0.3) is 0 Å². The van der Waals surface area contributed by atoms with Crippen LogP contribution in [0.3, 0.4) is 0 Å². The largest absolute Gasteiger partial charge is 0.396 e. The highest BCUT2D eigenvalue weighted by molar-refractivity contribution is 5.89. The van der Waals surface area contributed by atoms with Gasteiger partial charge in [0.05, 0.1) is 0 Å². The van der Waals surface area contributed by atoms with E-state index in [2.05, 4.69) is 15.6 Å². The summed E-state index contributed by atoms with van der Waals surface area (Å²) in [5, 5.41) is 15.4. The van der Waals surface area contributed by atoms with Crippen LogP contribution in [-0.2, 0) is 0 Å². The van der Waals surface area contributed by atoms with Crippen molar-refractivity contribution in [2.45, 2.75) is 32.2 Å². The minimum Gasteiger partial charge on any atom is -0.396 e. The fourth-order valence-corrected chi connectivity index (χ4v) is 3.84. The van der Waals surface area contributed by atoms with Crippen LogP contribution in [0.1, 0.15) is 25.0 Å². The smallest absolute Gasteiger partial charge is 0.319 e. The van der Waals surface area contributed by atoms with Crippen LogP contribution in [0.2, 0.25) is 0 Å². The number of nitrogens with one attached hydrogen (secondary N) is 2. The molecule has 1 aromatic heterocycles. The Labute approximate surface area is 118 Å². The molecule has 2 aliphatic carbocycles. The van der Waals surface area contributed by atoms with E-state index in [0.29, 0.717) is 11.8 Å². The molecule has 3 rings (SSSR count). The molecule has 0 radical (unpaired) electrons. The Morgan fingerprint density at radius 3 is 3.00 bits per heavy atom. The minimum atomic E-state index is -0.188. The third kappa shape index (κ3) is 2.50. The first-order chi connectivity index (χ1) is 9.67. The molecule has 0 aromatic carbocycles. The van der Waals surface area contributed by atoms with Crippen LogP contribution in [0.4, 0.5) is 10.5 Å². The third-order valence-electron chi connectivity index (χ3n) is 4.75. The van der Waals surface area contributed by atoms with Gasteiger partial charge in [-0.1, -0.05) is 0 Å². The minimum absolute atomic E-state index is 0.113. The summed E-state index contributed by atoms with van der Waals surface area (Å²) in [7, 11) is 0. The average molecular weight is 275 g/mol. The van der Waals surface area contributed by atoms with Gasteiger partial charge in [0.1, 0.15) is 0 Å². The molecule has 2 fully saturated rings. The van der Waals surface area contributed by atoms with Crippen LogP contribution in [0, 0.1) is 24.7 Å². The lowest BCUT2D eigenvalue weighted by Gasteiger charge is -2.30. The van der Waals surface area contributed by atoms with Gasteiger partial charge in [-0.05, 0) is 50.2 Å². The van der Waals surface area contributed by atoms with Gasteiger partial charge in [-0.2, -0.15) is 0 Å². The van der Waals surface area contributed by atoms with Crippen LogP contribution in [-0.4, -0.2) is 28.8 Å². The quantitative estimate of drug-likeness (QED) is 0.789. The number of fused-ring (bicyclic) bond motifs is 2. The van der Waals surface area contributed by atoms with Crippen molar-refractivity contribution in [2.75, 3.05) is 11.9 Å². The van der Waals surface area contributed by atoms with Crippen molar-refractivity contribution in [2.24, 2.45) is 17.8 Å². The zero-order valence-corrected chi connectivity index (χ0v) is 11.7. The number of aliphatic hydroxyl groups is 1. The fourth-order valence-electron chi connectivity index (χ4n) is 3.84. The number of amides is 2.